The van der Waals surface area contributed by atoms with Gasteiger partial charge in [0.2, 0.25) is 0 Å². The molecule has 0 spiro atoms. The number of benzene rings is 1. The van der Waals surface area contributed by atoms with Crippen molar-refractivity contribution in [2.45, 2.75) is 24.6 Å². The van der Waals surface area contributed by atoms with Crippen LogP contribution >= 0.6 is 0 Å². The number of rotatable bonds is 2. The average Bonchev–Trinajstić information content (AvgIpc) is 2.66. The summed E-state index contributed by atoms with van der Waals surface area (Å²) in [7, 11) is 0. The molecule has 1 aliphatic rings. The molecule has 0 bridgehead atoms. The van der Waals surface area contributed by atoms with Crippen molar-refractivity contribution in [3.05, 3.63) is 35.1 Å². The predicted octanol–water partition coefficient (Wildman–Crippen LogP) is 2.11. The Balaban J connectivity index is 2.25. The SMILES string of the molecule is OC1(Cc2ccc(F)c(C(F)(F)F)c2)CCNC1. The highest BCUT2D eigenvalue weighted by atomic mass is 19.4. The van der Waals surface area contributed by atoms with Crippen molar-refractivity contribution in [2.24, 2.45) is 0 Å². The lowest BCUT2D eigenvalue weighted by atomic mass is 9.93. The van der Waals surface area contributed by atoms with Crippen LogP contribution in [0.5, 0.6) is 0 Å². The van der Waals surface area contributed by atoms with Gasteiger partial charge in [-0.1, -0.05) is 6.07 Å². The van der Waals surface area contributed by atoms with Crippen molar-refractivity contribution < 1.29 is 22.7 Å². The second kappa shape index (κ2) is 4.51. The molecule has 0 aliphatic carbocycles. The Kier molecular flexibility index (Phi) is 3.33. The lowest BCUT2D eigenvalue weighted by Crippen LogP contribution is -2.33. The maximum atomic E-state index is 13.1. The van der Waals surface area contributed by atoms with E-state index < -0.39 is 23.2 Å². The van der Waals surface area contributed by atoms with E-state index in [1.165, 1.54) is 6.07 Å². The number of halogens is 4. The minimum absolute atomic E-state index is 0.0867. The van der Waals surface area contributed by atoms with Gasteiger partial charge < -0.3 is 10.4 Å². The fraction of sp³-hybridized carbons (Fsp3) is 0.500. The number of β-amino-alcohol motifs (C(OH)–C–C–N with tert-alkyl or cyclic N) is 1. The second-order valence-electron chi connectivity index (χ2n) is 4.64. The maximum absolute atomic E-state index is 13.1. The number of hydrogen-bond acceptors (Lipinski definition) is 2. The molecule has 1 atom stereocenters. The van der Waals surface area contributed by atoms with Crippen LogP contribution in [0.2, 0.25) is 0 Å². The zero-order valence-corrected chi connectivity index (χ0v) is 9.52. The molecule has 2 N–H and O–H groups in total. The van der Waals surface area contributed by atoms with Crippen LogP contribution in [0, 0.1) is 5.82 Å². The standard InChI is InChI=1S/C12H13F4NO/c13-10-2-1-8(5-9(10)12(14,15)16)6-11(18)3-4-17-7-11/h1-2,5,17-18H,3-4,6-7H2. The van der Waals surface area contributed by atoms with Gasteiger partial charge in [0.1, 0.15) is 5.82 Å². The van der Waals surface area contributed by atoms with Gasteiger partial charge in [0.05, 0.1) is 11.2 Å². The quantitative estimate of drug-likeness (QED) is 0.801. The van der Waals surface area contributed by atoms with Crippen LogP contribution < -0.4 is 5.32 Å². The molecule has 1 heterocycles. The molecule has 6 heteroatoms. The average molecular weight is 263 g/mol. The fourth-order valence-electron chi connectivity index (χ4n) is 2.16. The first-order chi connectivity index (χ1) is 8.30. The van der Waals surface area contributed by atoms with Crippen LogP contribution in [-0.2, 0) is 12.6 Å². The third-order valence-corrected chi connectivity index (χ3v) is 3.09. The summed E-state index contributed by atoms with van der Waals surface area (Å²) < 4.78 is 50.6. The van der Waals surface area contributed by atoms with Crippen molar-refractivity contribution in [2.75, 3.05) is 13.1 Å². The molecule has 0 aromatic heterocycles. The number of hydrogen-bond donors (Lipinski definition) is 2. The van der Waals surface area contributed by atoms with Crippen LogP contribution in [0.1, 0.15) is 17.5 Å². The molecule has 0 radical (unpaired) electrons. The van der Waals surface area contributed by atoms with Crippen molar-refractivity contribution in [3.63, 3.8) is 0 Å². The highest BCUT2D eigenvalue weighted by Crippen LogP contribution is 2.33. The minimum Gasteiger partial charge on any atom is -0.388 e. The number of nitrogens with one attached hydrogen (secondary N) is 1. The van der Waals surface area contributed by atoms with E-state index in [0.29, 0.717) is 19.5 Å². The number of aliphatic hydroxyl groups is 1. The van der Waals surface area contributed by atoms with Crippen LogP contribution in [0.15, 0.2) is 18.2 Å². The highest BCUT2D eigenvalue weighted by Gasteiger charge is 2.36. The third-order valence-electron chi connectivity index (χ3n) is 3.09. The monoisotopic (exact) mass is 263 g/mol. The Morgan fingerprint density at radius 3 is 2.61 bits per heavy atom. The first-order valence-corrected chi connectivity index (χ1v) is 5.59. The van der Waals surface area contributed by atoms with Gasteiger partial charge in [-0.25, -0.2) is 4.39 Å². The Morgan fingerprint density at radius 1 is 1.33 bits per heavy atom. The molecular formula is C12H13F4NO. The first kappa shape index (κ1) is 13.3. The van der Waals surface area contributed by atoms with Crippen molar-refractivity contribution in [1.82, 2.24) is 5.32 Å². The molecule has 1 unspecified atom stereocenters. The van der Waals surface area contributed by atoms with Crippen molar-refractivity contribution in [3.8, 4) is 0 Å². The van der Waals surface area contributed by atoms with E-state index in [1.807, 2.05) is 0 Å². The summed E-state index contributed by atoms with van der Waals surface area (Å²) in [6.07, 6.45) is -4.15. The van der Waals surface area contributed by atoms with Gasteiger partial charge in [0.25, 0.3) is 0 Å². The number of alkyl halides is 3. The van der Waals surface area contributed by atoms with Gasteiger partial charge in [0, 0.05) is 13.0 Å². The largest absolute Gasteiger partial charge is 0.419 e. The molecule has 100 valence electrons. The van der Waals surface area contributed by atoms with Crippen molar-refractivity contribution in [1.29, 1.82) is 0 Å². The van der Waals surface area contributed by atoms with Crippen LogP contribution in [0.4, 0.5) is 17.6 Å². The summed E-state index contributed by atoms with van der Waals surface area (Å²) in [5, 5.41) is 13.0. The second-order valence-corrected chi connectivity index (χ2v) is 4.64. The fourth-order valence-corrected chi connectivity index (χ4v) is 2.16. The van der Waals surface area contributed by atoms with Crippen LogP contribution in [0.3, 0.4) is 0 Å². The van der Waals surface area contributed by atoms with E-state index in [-0.39, 0.29) is 12.0 Å². The zero-order valence-electron chi connectivity index (χ0n) is 9.52. The van der Waals surface area contributed by atoms with Crippen molar-refractivity contribution >= 4 is 0 Å². The normalized spacial score (nSPS) is 24.5. The van der Waals surface area contributed by atoms with Gasteiger partial charge >= 0.3 is 6.18 Å². The topological polar surface area (TPSA) is 32.3 Å². The lowest BCUT2D eigenvalue weighted by Gasteiger charge is -2.21. The molecule has 1 fully saturated rings. The van der Waals surface area contributed by atoms with Gasteiger partial charge in [0.15, 0.2) is 0 Å². The zero-order chi connectivity index (χ0) is 13.4. The van der Waals surface area contributed by atoms with E-state index in [2.05, 4.69) is 5.32 Å². The summed E-state index contributed by atoms with van der Waals surface area (Å²) in [5.41, 5.74) is -2.04. The summed E-state index contributed by atoms with van der Waals surface area (Å²) in [5.74, 6) is -1.29. The van der Waals surface area contributed by atoms with Gasteiger partial charge in [-0.05, 0) is 30.7 Å². The van der Waals surface area contributed by atoms with E-state index in [4.69, 9.17) is 0 Å². The van der Waals surface area contributed by atoms with E-state index in [0.717, 1.165) is 12.1 Å². The van der Waals surface area contributed by atoms with Crippen LogP contribution in [0.25, 0.3) is 0 Å². The smallest absolute Gasteiger partial charge is 0.388 e. The Bertz CT molecular complexity index is 438. The maximum Gasteiger partial charge on any atom is 0.419 e. The predicted molar refractivity (Wildman–Crippen MR) is 57.5 cm³/mol. The van der Waals surface area contributed by atoms with Crippen LogP contribution in [-0.4, -0.2) is 23.8 Å². The first-order valence-electron chi connectivity index (χ1n) is 5.59. The molecule has 2 rings (SSSR count). The molecule has 18 heavy (non-hydrogen) atoms. The van der Waals surface area contributed by atoms with E-state index in [1.54, 1.807) is 0 Å². The molecule has 2 nitrogen and oxygen atoms in total. The molecule has 1 aromatic rings. The van der Waals surface area contributed by atoms with E-state index >= 15 is 0 Å². The Hall–Kier alpha value is -1.14. The Labute approximate surface area is 102 Å². The molecule has 0 amide bonds. The molecule has 0 saturated carbocycles. The molecule has 1 saturated heterocycles. The molecule has 1 aliphatic heterocycles. The summed E-state index contributed by atoms with van der Waals surface area (Å²) in [6.45, 7) is 0.968. The summed E-state index contributed by atoms with van der Waals surface area (Å²) in [4.78, 5) is 0. The Morgan fingerprint density at radius 2 is 2.06 bits per heavy atom. The highest BCUT2D eigenvalue weighted by molar-refractivity contribution is 5.28. The molecular weight excluding hydrogens is 250 g/mol. The van der Waals surface area contributed by atoms with Gasteiger partial charge in [-0.15, -0.1) is 0 Å². The third kappa shape index (κ3) is 2.81. The van der Waals surface area contributed by atoms with Gasteiger partial charge in [-0.2, -0.15) is 13.2 Å². The molecule has 1 aromatic carbocycles. The summed E-state index contributed by atoms with van der Waals surface area (Å²) >= 11 is 0. The lowest BCUT2D eigenvalue weighted by molar-refractivity contribution is -0.140. The van der Waals surface area contributed by atoms with Gasteiger partial charge in [-0.3, -0.25) is 0 Å². The minimum atomic E-state index is -4.71. The van der Waals surface area contributed by atoms with E-state index in [9.17, 15) is 22.7 Å². The summed E-state index contributed by atoms with van der Waals surface area (Å²) in [6, 6.07) is 2.84.